The molecule has 3 aliphatic heterocycles. The van der Waals surface area contributed by atoms with Gasteiger partial charge in [0.2, 0.25) is 0 Å². The number of fused-ring (bicyclic) bond motifs is 1. The van der Waals surface area contributed by atoms with Crippen molar-refractivity contribution >= 4 is 23.3 Å². The standard InChI is InChI=1S/C17H23ClN4O/c18-15-4-3-5-16(21-6-1-2-7-21)14(15)12-20-8-9-22-13(11-20)10-19-17(22)23/h3-5,13H,1-2,6-12H2,(H,19,23)/t13-/m1/s1. The molecule has 2 amide bonds. The molecule has 1 atom stereocenters. The minimum absolute atomic E-state index is 0.0881. The fourth-order valence-corrected chi connectivity index (χ4v) is 4.22. The summed E-state index contributed by atoms with van der Waals surface area (Å²) < 4.78 is 0. The van der Waals surface area contributed by atoms with Gasteiger partial charge in [0.05, 0.1) is 6.04 Å². The molecule has 5 nitrogen and oxygen atoms in total. The van der Waals surface area contributed by atoms with E-state index >= 15 is 0 Å². The Bertz CT molecular complexity index is 602. The van der Waals surface area contributed by atoms with Crippen molar-refractivity contribution in [3.05, 3.63) is 28.8 Å². The van der Waals surface area contributed by atoms with Crippen LogP contribution in [-0.4, -0.2) is 61.1 Å². The fourth-order valence-electron chi connectivity index (χ4n) is 3.99. The predicted molar refractivity (Wildman–Crippen MR) is 92.1 cm³/mol. The first-order valence-electron chi connectivity index (χ1n) is 8.51. The van der Waals surface area contributed by atoms with E-state index in [1.807, 2.05) is 11.0 Å². The quantitative estimate of drug-likeness (QED) is 0.920. The van der Waals surface area contributed by atoms with E-state index in [9.17, 15) is 4.79 Å². The molecule has 1 aromatic carbocycles. The first-order chi connectivity index (χ1) is 11.2. The number of carbonyl (C=O) groups is 1. The van der Waals surface area contributed by atoms with E-state index < -0.39 is 0 Å². The van der Waals surface area contributed by atoms with Crippen LogP contribution in [0.4, 0.5) is 10.5 Å². The summed E-state index contributed by atoms with van der Waals surface area (Å²) in [7, 11) is 0. The van der Waals surface area contributed by atoms with Gasteiger partial charge in [-0.15, -0.1) is 0 Å². The Balaban J connectivity index is 1.51. The van der Waals surface area contributed by atoms with Crippen LogP contribution in [0, 0.1) is 0 Å². The number of piperazine rings is 1. The van der Waals surface area contributed by atoms with Crippen LogP contribution in [0.3, 0.4) is 0 Å². The largest absolute Gasteiger partial charge is 0.371 e. The van der Waals surface area contributed by atoms with Crippen LogP contribution in [0.5, 0.6) is 0 Å². The van der Waals surface area contributed by atoms with Crippen LogP contribution in [0.2, 0.25) is 5.02 Å². The molecule has 3 aliphatic rings. The number of halogens is 1. The van der Waals surface area contributed by atoms with Crippen molar-refractivity contribution in [3.8, 4) is 0 Å². The highest BCUT2D eigenvalue weighted by Crippen LogP contribution is 2.31. The van der Waals surface area contributed by atoms with E-state index in [0.29, 0.717) is 6.04 Å². The molecule has 1 aromatic rings. The van der Waals surface area contributed by atoms with Crippen molar-refractivity contribution < 1.29 is 4.79 Å². The van der Waals surface area contributed by atoms with Crippen molar-refractivity contribution in [1.29, 1.82) is 0 Å². The first kappa shape index (κ1) is 15.1. The maximum atomic E-state index is 11.7. The van der Waals surface area contributed by atoms with Gasteiger partial charge >= 0.3 is 6.03 Å². The van der Waals surface area contributed by atoms with Gasteiger partial charge in [-0.05, 0) is 25.0 Å². The molecule has 3 saturated heterocycles. The zero-order valence-electron chi connectivity index (χ0n) is 13.3. The molecule has 3 fully saturated rings. The van der Waals surface area contributed by atoms with Crippen LogP contribution in [0.25, 0.3) is 0 Å². The van der Waals surface area contributed by atoms with Crippen LogP contribution >= 0.6 is 11.6 Å². The number of amides is 2. The Labute approximate surface area is 142 Å². The number of anilines is 1. The number of nitrogens with zero attached hydrogens (tertiary/aromatic N) is 3. The second-order valence-corrected chi connectivity index (χ2v) is 7.11. The van der Waals surface area contributed by atoms with Gasteiger partial charge in [-0.3, -0.25) is 4.90 Å². The zero-order valence-corrected chi connectivity index (χ0v) is 14.1. The molecule has 0 saturated carbocycles. The van der Waals surface area contributed by atoms with Crippen molar-refractivity contribution in [1.82, 2.24) is 15.1 Å². The van der Waals surface area contributed by atoms with Gasteiger partial charge in [-0.25, -0.2) is 4.79 Å². The van der Waals surface area contributed by atoms with Gasteiger partial charge in [0.1, 0.15) is 0 Å². The van der Waals surface area contributed by atoms with E-state index in [2.05, 4.69) is 27.2 Å². The maximum absolute atomic E-state index is 11.7. The minimum atomic E-state index is 0.0881. The van der Waals surface area contributed by atoms with E-state index in [1.165, 1.54) is 24.1 Å². The summed E-state index contributed by atoms with van der Waals surface area (Å²) in [4.78, 5) is 18.6. The summed E-state index contributed by atoms with van der Waals surface area (Å²) in [6, 6.07) is 6.63. The van der Waals surface area contributed by atoms with Crippen molar-refractivity contribution in [2.75, 3.05) is 44.2 Å². The van der Waals surface area contributed by atoms with Gasteiger partial charge in [-0.2, -0.15) is 0 Å². The van der Waals surface area contributed by atoms with Crippen molar-refractivity contribution in [2.45, 2.75) is 25.4 Å². The summed E-state index contributed by atoms with van der Waals surface area (Å²) in [6.07, 6.45) is 2.53. The van der Waals surface area contributed by atoms with Crippen molar-refractivity contribution in [3.63, 3.8) is 0 Å². The summed E-state index contributed by atoms with van der Waals surface area (Å²) in [5.41, 5.74) is 2.53. The van der Waals surface area contributed by atoms with Crippen LogP contribution < -0.4 is 10.2 Å². The third-order valence-electron chi connectivity index (χ3n) is 5.24. The molecule has 6 heteroatoms. The van der Waals surface area contributed by atoms with Gasteiger partial charge in [-0.1, -0.05) is 17.7 Å². The monoisotopic (exact) mass is 334 g/mol. The maximum Gasteiger partial charge on any atom is 0.317 e. The lowest BCUT2D eigenvalue weighted by Crippen LogP contribution is -2.51. The lowest BCUT2D eigenvalue weighted by Gasteiger charge is -2.37. The Morgan fingerprint density at radius 2 is 2.00 bits per heavy atom. The number of carbonyl (C=O) groups excluding carboxylic acids is 1. The highest BCUT2D eigenvalue weighted by Gasteiger charge is 2.35. The predicted octanol–water partition coefficient (Wildman–Crippen LogP) is 2.15. The third kappa shape index (κ3) is 2.88. The van der Waals surface area contributed by atoms with Gasteiger partial charge in [0.15, 0.2) is 0 Å². The number of nitrogens with one attached hydrogen (secondary N) is 1. The SMILES string of the molecule is O=C1NC[C@@H]2CN(Cc3c(Cl)cccc3N3CCCC3)CCN12. The Morgan fingerprint density at radius 1 is 1.17 bits per heavy atom. The number of hydrogen-bond acceptors (Lipinski definition) is 3. The number of rotatable bonds is 3. The number of hydrogen-bond donors (Lipinski definition) is 1. The molecule has 1 N–H and O–H groups in total. The van der Waals surface area contributed by atoms with Gasteiger partial charge < -0.3 is 15.1 Å². The average Bonchev–Trinajstić information content (AvgIpc) is 3.20. The van der Waals surface area contributed by atoms with Crippen LogP contribution in [-0.2, 0) is 6.54 Å². The number of urea groups is 1. The van der Waals surface area contributed by atoms with E-state index in [0.717, 1.165) is 50.8 Å². The van der Waals surface area contributed by atoms with E-state index in [-0.39, 0.29) is 6.03 Å². The minimum Gasteiger partial charge on any atom is -0.371 e. The topological polar surface area (TPSA) is 38.8 Å². The molecule has 4 rings (SSSR count). The average molecular weight is 335 g/mol. The summed E-state index contributed by atoms with van der Waals surface area (Å²) in [6.45, 7) is 6.52. The first-order valence-corrected chi connectivity index (χ1v) is 8.89. The summed E-state index contributed by atoms with van der Waals surface area (Å²) in [5, 5.41) is 3.80. The lowest BCUT2D eigenvalue weighted by atomic mass is 10.1. The van der Waals surface area contributed by atoms with Gasteiger partial charge in [0, 0.05) is 62.1 Å². The molecular weight excluding hydrogens is 312 g/mol. The Kier molecular flexibility index (Phi) is 4.07. The number of benzene rings is 1. The highest BCUT2D eigenvalue weighted by atomic mass is 35.5. The summed E-state index contributed by atoms with van der Waals surface area (Å²) in [5.74, 6) is 0. The molecule has 0 radical (unpaired) electrons. The lowest BCUT2D eigenvalue weighted by molar-refractivity contribution is 0.117. The van der Waals surface area contributed by atoms with Crippen LogP contribution in [0.1, 0.15) is 18.4 Å². The Hall–Kier alpha value is -1.46. The second-order valence-electron chi connectivity index (χ2n) is 6.70. The third-order valence-corrected chi connectivity index (χ3v) is 5.59. The molecular formula is C17H23ClN4O. The molecule has 3 heterocycles. The summed E-state index contributed by atoms with van der Waals surface area (Å²) >= 11 is 6.53. The normalized spacial score (nSPS) is 24.9. The zero-order chi connectivity index (χ0) is 15.8. The Morgan fingerprint density at radius 3 is 2.83 bits per heavy atom. The molecule has 0 aromatic heterocycles. The van der Waals surface area contributed by atoms with Gasteiger partial charge in [0.25, 0.3) is 0 Å². The molecule has 23 heavy (non-hydrogen) atoms. The van der Waals surface area contributed by atoms with Crippen LogP contribution in [0.15, 0.2) is 18.2 Å². The second kappa shape index (κ2) is 6.21. The van der Waals surface area contributed by atoms with E-state index in [4.69, 9.17) is 11.6 Å². The smallest absolute Gasteiger partial charge is 0.317 e. The van der Waals surface area contributed by atoms with Crippen molar-refractivity contribution in [2.24, 2.45) is 0 Å². The molecule has 124 valence electrons. The van der Waals surface area contributed by atoms with E-state index in [1.54, 1.807) is 0 Å². The highest BCUT2D eigenvalue weighted by molar-refractivity contribution is 6.31. The fraction of sp³-hybridized carbons (Fsp3) is 0.588. The molecule has 0 unspecified atom stereocenters. The molecule has 0 aliphatic carbocycles. The molecule has 0 bridgehead atoms. The molecule has 0 spiro atoms.